The van der Waals surface area contributed by atoms with Crippen molar-refractivity contribution in [2.24, 2.45) is 0 Å². The number of ether oxygens (including phenoxy) is 3. The molecule has 1 aliphatic heterocycles. The number of halogens is 2. The van der Waals surface area contributed by atoms with Crippen molar-refractivity contribution >= 4 is 0 Å². The third-order valence-corrected chi connectivity index (χ3v) is 2.61. The Hall–Kier alpha value is -1.20. The minimum Gasteiger partial charge on any atom is -0.490 e. The summed E-state index contributed by atoms with van der Waals surface area (Å²) in [6, 6.07) is 3.21. The van der Waals surface area contributed by atoms with Crippen LogP contribution in [0.4, 0.5) is 8.78 Å². The van der Waals surface area contributed by atoms with Crippen LogP contribution in [-0.2, 0) is 9.47 Å². The summed E-state index contributed by atoms with van der Waals surface area (Å²) in [5, 5.41) is 0. The molecule has 5 heteroatoms. The van der Waals surface area contributed by atoms with Crippen molar-refractivity contribution in [3.8, 4) is 5.75 Å². The van der Waals surface area contributed by atoms with Gasteiger partial charge in [-0.15, -0.1) is 0 Å². The number of hydrogen-bond donors (Lipinski definition) is 0. The normalized spacial score (nSPS) is 18.3. The van der Waals surface area contributed by atoms with Gasteiger partial charge in [0, 0.05) is 12.5 Å². The van der Waals surface area contributed by atoms with Crippen LogP contribution < -0.4 is 4.74 Å². The summed E-state index contributed by atoms with van der Waals surface area (Å²) in [6.45, 7) is 3.17. The fourth-order valence-corrected chi connectivity index (χ4v) is 1.64. The molecule has 0 saturated carbocycles. The Labute approximate surface area is 98.3 Å². The van der Waals surface area contributed by atoms with E-state index in [1.54, 1.807) is 0 Å². The number of rotatable bonds is 4. The van der Waals surface area contributed by atoms with Crippen molar-refractivity contribution in [1.29, 1.82) is 0 Å². The van der Waals surface area contributed by atoms with Crippen LogP contribution in [0.1, 0.15) is 13.3 Å². The fraction of sp³-hybridized carbons (Fsp3) is 0.500. The summed E-state index contributed by atoms with van der Waals surface area (Å²) < 4.78 is 41.8. The van der Waals surface area contributed by atoms with Gasteiger partial charge in [-0.25, -0.2) is 8.78 Å². The molecule has 94 valence electrons. The molecule has 1 saturated heterocycles. The molecule has 0 aromatic heterocycles. The van der Waals surface area contributed by atoms with E-state index in [0.29, 0.717) is 19.6 Å². The third kappa shape index (κ3) is 3.14. The number of hydrogen-bond acceptors (Lipinski definition) is 3. The zero-order valence-electron chi connectivity index (χ0n) is 9.54. The summed E-state index contributed by atoms with van der Waals surface area (Å²) in [4.78, 5) is 0. The topological polar surface area (TPSA) is 27.7 Å². The van der Waals surface area contributed by atoms with Crippen molar-refractivity contribution in [3.63, 3.8) is 0 Å². The van der Waals surface area contributed by atoms with Crippen LogP contribution >= 0.6 is 0 Å². The van der Waals surface area contributed by atoms with Crippen molar-refractivity contribution in [3.05, 3.63) is 29.8 Å². The SMILES string of the molecule is CC1(CCOc2ccc(F)cc2F)OCCO1. The Bertz CT molecular complexity index is 389. The molecule has 17 heavy (non-hydrogen) atoms. The Morgan fingerprint density at radius 3 is 2.65 bits per heavy atom. The summed E-state index contributed by atoms with van der Waals surface area (Å²) in [5.41, 5.74) is 0. The van der Waals surface area contributed by atoms with Gasteiger partial charge in [0.25, 0.3) is 0 Å². The standard InChI is InChI=1S/C12H14F2O3/c1-12(16-6-7-17-12)4-5-15-11-3-2-9(13)8-10(11)14/h2-3,8H,4-7H2,1H3. The van der Waals surface area contributed by atoms with Gasteiger partial charge in [0.1, 0.15) is 5.82 Å². The average molecular weight is 244 g/mol. The van der Waals surface area contributed by atoms with Crippen molar-refractivity contribution in [2.45, 2.75) is 19.1 Å². The van der Waals surface area contributed by atoms with Crippen LogP contribution in [0.25, 0.3) is 0 Å². The predicted octanol–water partition coefficient (Wildman–Crippen LogP) is 2.50. The second kappa shape index (κ2) is 4.98. The molecule has 1 heterocycles. The summed E-state index contributed by atoms with van der Waals surface area (Å²) >= 11 is 0. The molecule has 1 aliphatic rings. The van der Waals surface area contributed by atoms with Crippen molar-refractivity contribution < 1.29 is 23.0 Å². The lowest BCUT2D eigenvalue weighted by molar-refractivity contribution is -0.150. The van der Waals surface area contributed by atoms with Crippen molar-refractivity contribution in [1.82, 2.24) is 0 Å². The molecule has 1 fully saturated rings. The molecule has 0 atom stereocenters. The van der Waals surface area contributed by atoms with Gasteiger partial charge >= 0.3 is 0 Å². The third-order valence-electron chi connectivity index (χ3n) is 2.61. The molecule has 0 amide bonds. The van der Waals surface area contributed by atoms with Crippen LogP contribution in [0.5, 0.6) is 5.75 Å². The van der Waals surface area contributed by atoms with Crippen LogP contribution in [-0.4, -0.2) is 25.6 Å². The molecule has 2 rings (SSSR count). The van der Waals surface area contributed by atoms with Crippen LogP contribution in [0.3, 0.4) is 0 Å². The highest BCUT2D eigenvalue weighted by Crippen LogP contribution is 2.24. The van der Waals surface area contributed by atoms with Gasteiger partial charge in [-0.05, 0) is 19.1 Å². The molecule has 0 bridgehead atoms. The Balaban J connectivity index is 1.85. The summed E-state index contributed by atoms with van der Waals surface area (Å²) in [7, 11) is 0. The first-order valence-electron chi connectivity index (χ1n) is 5.45. The van der Waals surface area contributed by atoms with Crippen LogP contribution in [0, 0.1) is 11.6 Å². The molecule has 0 unspecified atom stereocenters. The van der Waals surface area contributed by atoms with E-state index in [1.165, 1.54) is 6.07 Å². The Morgan fingerprint density at radius 1 is 1.29 bits per heavy atom. The maximum atomic E-state index is 13.2. The molecule has 3 nitrogen and oxygen atoms in total. The lowest BCUT2D eigenvalue weighted by atomic mass is 10.2. The van der Waals surface area contributed by atoms with E-state index in [2.05, 4.69) is 0 Å². The first-order valence-corrected chi connectivity index (χ1v) is 5.45. The van der Waals surface area contributed by atoms with E-state index < -0.39 is 17.4 Å². The largest absolute Gasteiger partial charge is 0.490 e. The monoisotopic (exact) mass is 244 g/mol. The highest BCUT2D eigenvalue weighted by molar-refractivity contribution is 5.24. The maximum absolute atomic E-state index is 13.2. The predicted molar refractivity (Wildman–Crippen MR) is 56.8 cm³/mol. The van der Waals surface area contributed by atoms with E-state index in [9.17, 15) is 8.78 Å². The Kier molecular flexibility index (Phi) is 3.59. The second-order valence-corrected chi connectivity index (χ2v) is 4.00. The first kappa shape index (κ1) is 12.3. The second-order valence-electron chi connectivity index (χ2n) is 4.00. The van der Waals surface area contributed by atoms with Gasteiger partial charge in [0.05, 0.1) is 19.8 Å². The highest BCUT2D eigenvalue weighted by atomic mass is 19.1. The zero-order chi connectivity index (χ0) is 12.3. The van der Waals surface area contributed by atoms with Gasteiger partial charge in [0.2, 0.25) is 0 Å². The summed E-state index contributed by atoms with van der Waals surface area (Å²) in [5.74, 6) is -1.95. The molecule has 0 radical (unpaired) electrons. The summed E-state index contributed by atoms with van der Waals surface area (Å²) in [6.07, 6.45) is 0.490. The van der Waals surface area contributed by atoms with E-state index in [1.807, 2.05) is 6.92 Å². The van der Waals surface area contributed by atoms with Gasteiger partial charge < -0.3 is 14.2 Å². The molecule has 0 spiro atoms. The first-order chi connectivity index (χ1) is 8.09. The molecular weight excluding hydrogens is 230 g/mol. The molecular formula is C12H14F2O3. The maximum Gasteiger partial charge on any atom is 0.168 e. The number of benzene rings is 1. The van der Waals surface area contributed by atoms with Crippen LogP contribution in [0.2, 0.25) is 0 Å². The minimum absolute atomic E-state index is 0.0352. The van der Waals surface area contributed by atoms with Crippen molar-refractivity contribution in [2.75, 3.05) is 19.8 Å². The van der Waals surface area contributed by atoms with Gasteiger partial charge in [-0.2, -0.15) is 0 Å². The average Bonchev–Trinajstić information content (AvgIpc) is 2.69. The lowest BCUT2D eigenvalue weighted by Crippen LogP contribution is -2.28. The highest BCUT2D eigenvalue weighted by Gasteiger charge is 2.30. The lowest BCUT2D eigenvalue weighted by Gasteiger charge is -2.22. The molecule has 1 aromatic carbocycles. The zero-order valence-corrected chi connectivity index (χ0v) is 9.54. The molecule has 1 aromatic rings. The minimum atomic E-state index is -0.705. The van der Waals surface area contributed by atoms with E-state index in [0.717, 1.165) is 12.1 Å². The molecule has 0 aliphatic carbocycles. The van der Waals surface area contributed by atoms with E-state index in [4.69, 9.17) is 14.2 Å². The quantitative estimate of drug-likeness (QED) is 0.814. The van der Waals surface area contributed by atoms with Crippen LogP contribution in [0.15, 0.2) is 18.2 Å². The van der Waals surface area contributed by atoms with E-state index in [-0.39, 0.29) is 12.4 Å². The van der Waals surface area contributed by atoms with Gasteiger partial charge in [0.15, 0.2) is 17.4 Å². The fourth-order valence-electron chi connectivity index (χ4n) is 1.64. The van der Waals surface area contributed by atoms with Gasteiger partial charge in [-0.3, -0.25) is 0 Å². The smallest absolute Gasteiger partial charge is 0.168 e. The Morgan fingerprint density at radius 2 is 2.00 bits per heavy atom. The molecule has 0 N–H and O–H groups in total. The van der Waals surface area contributed by atoms with Gasteiger partial charge in [-0.1, -0.05) is 0 Å². The van der Waals surface area contributed by atoms with E-state index >= 15 is 0 Å².